The average molecular weight is 449 g/mol. The Kier molecular flexibility index (Phi) is 5.55. The molecule has 2 aromatic heterocycles. The predicted molar refractivity (Wildman–Crippen MR) is 132 cm³/mol. The molecular formula is C25H25ClN4S. The Bertz CT molecular complexity index is 1210. The van der Waals surface area contributed by atoms with E-state index in [0.717, 1.165) is 59.8 Å². The van der Waals surface area contributed by atoms with Crippen molar-refractivity contribution in [3.05, 3.63) is 81.4 Å². The number of halogens is 1. The number of para-hydroxylation sites is 1. The van der Waals surface area contributed by atoms with Crippen LogP contribution in [-0.4, -0.2) is 36.1 Å². The first-order chi connectivity index (χ1) is 15.1. The molecule has 5 rings (SSSR count). The number of aromatic nitrogens is 2. The van der Waals surface area contributed by atoms with E-state index in [9.17, 15) is 0 Å². The summed E-state index contributed by atoms with van der Waals surface area (Å²) in [5.74, 6) is 1.97. The van der Waals surface area contributed by atoms with Crippen molar-refractivity contribution in [2.75, 3.05) is 36.0 Å². The molecule has 0 radical (unpaired) electrons. The van der Waals surface area contributed by atoms with Crippen LogP contribution in [0.4, 0.5) is 11.5 Å². The van der Waals surface area contributed by atoms with Crippen molar-refractivity contribution in [2.45, 2.75) is 20.3 Å². The summed E-state index contributed by atoms with van der Waals surface area (Å²) in [6.07, 6.45) is 0.749. The highest BCUT2D eigenvalue weighted by atomic mass is 35.5. The van der Waals surface area contributed by atoms with E-state index < -0.39 is 0 Å². The Morgan fingerprint density at radius 2 is 1.55 bits per heavy atom. The average Bonchev–Trinajstić information content (AvgIpc) is 3.08. The Morgan fingerprint density at radius 1 is 0.871 bits per heavy atom. The van der Waals surface area contributed by atoms with E-state index in [1.807, 2.05) is 18.2 Å². The smallest absolute Gasteiger partial charge is 0.141 e. The Labute approximate surface area is 192 Å². The van der Waals surface area contributed by atoms with Crippen LogP contribution in [0.2, 0.25) is 5.02 Å². The standard InChI is InChI=1S/C25H25ClN4S/c1-17-18(2)31-25-23(17)24(27-22(28-25)16-19-8-4-3-5-9-19)30-14-12-29(13-15-30)21-11-7-6-10-20(21)26/h3-11H,12-16H2,1-2H3. The van der Waals surface area contributed by atoms with E-state index >= 15 is 0 Å². The molecule has 0 atom stereocenters. The molecule has 3 heterocycles. The minimum atomic E-state index is 0.749. The first-order valence-electron chi connectivity index (χ1n) is 10.6. The van der Waals surface area contributed by atoms with Gasteiger partial charge >= 0.3 is 0 Å². The normalized spacial score (nSPS) is 14.4. The fourth-order valence-corrected chi connectivity index (χ4v) is 5.52. The molecule has 0 bridgehead atoms. The Hall–Kier alpha value is -2.63. The minimum Gasteiger partial charge on any atom is -0.367 e. The molecule has 0 unspecified atom stereocenters. The van der Waals surface area contributed by atoms with Gasteiger partial charge in [0.15, 0.2) is 0 Å². The van der Waals surface area contributed by atoms with Gasteiger partial charge in [0, 0.05) is 37.5 Å². The van der Waals surface area contributed by atoms with Crippen LogP contribution in [-0.2, 0) is 6.42 Å². The zero-order valence-corrected chi connectivity index (χ0v) is 19.4. The quantitative estimate of drug-likeness (QED) is 0.390. The fourth-order valence-electron chi connectivity index (χ4n) is 4.23. The first-order valence-corrected chi connectivity index (χ1v) is 11.8. The molecule has 1 aliphatic heterocycles. The topological polar surface area (TPSA) is 32.3 Å². The molecule has 0 N–H and O–H groups in total. The van der Waals surface area contributed by atoms with E-state index in [0.29, 0.717) is 0 Å². The lowest BCUT2D eigenvalue weighted by Gasteiger charge is -2.37. The molecule has 6 heteroatoms. The Morgan fingerprint density at radius 3 is 2.29 bits per heavy atom. The molecule has 1 aliphatic rings. The van der Waals surface area contributed by atoms with Gasteiger partial charge in [-0.1, -0.05) is 54.1 Å². The van der Waals surface area contributed by atoms with Crippen molar-refractivity contribution >= 4 is 44.7 Å². The lowest BCUT2D eigenvalue weighted by atomic mass is 10.1. The molecule has 4 aromatic rings. The number of piperazine rings is 1. The SMILES string of the molecule is Cc1sc2nc(Cc3ccccc3)nc(N3CCN(c4ccccc4Cl)CC3)c2c1C. The second-order valence-corrected chi connectivity index (χ2v) is 9.63. The molecule has 0 saturated carbocycles. The summed E-state index contributed by atoms with van der Waals surface area (Å²) in [5, 5.41) is 2.03. The van der Waals surface area contributed by atoms with Gasteiger partial charge < -0.3 is 9.80 Å². The van der Waals surface area contributed by atoms with Gasteiger partial charge in [0.1, 0.15) is 16.5 Å². The third-order valence-electron chi connectivity index (χ3n) is 6.03. The summed E-state index contributed by atoms with van der Waals surface area (Å²) in [6.45, 7) is 8.04. The minimum absolute atomic E-state index is 0.749. The van der Waals surface area contributed by atoms with Crippen LogP contribution in [0.15, 0.2) is 54.6 Å². The third-order valence-corrected chi connectivity index (χ3v) is 7.45. The second-order valence-electron chi connectivity index (χ2n) is 8.01. The van der Waals surface area contributed by atoms with Gasteiger partial charge in [0.25, 0.3) is 0 Å². The number of hydrogen-bond donors (Lipinski definition) is 0. The third kappa shape index (κ3) is 4.00. The molecule has 158 valence electrons. The van der Waals surface area contributed by atoms with Crippen LogP contribution in [0.1, 0.15) is 21.8 Å². The van der Waals surface area contributed by atoms with Crippen molar-refractivity contribution in [3.63, 3.8) is 0 Å². The van der Waals surface area contributed by atoms with Gasteiger partial charge in [0.2, 0.25) is 0 Å². The van der Waals surface area contributed by atoms with Crippen molar-refractivity contribution < 1.29 is 0 Å². The zero-order valence-electron chi connectivity index (χ0n) is 17.8. The van der Waals surface area contributed by atoms with Crippen LogP contribution in [0, 0.1) is 13.8 Å². The van der Waals surface area contributed by atoms with Crippen LogP contribution < -0.4 is 9.80 Å². The first kappa shape index (κ1) is 20.3. The number of anilines is 2. The molecule has 4 nitrogen and oxygen atoms in total. The maximum atomic E-state index is 6.44. The molecule has 0 amide bonds. The summed E-state index contributed by atoms with van der Waals surface area (Å²) in [7, 11) is 0. The monoisotopic (exact) mass is 448 g/mol. The van der Waals surface area contributed by atoms with Crippen LogP contribution in [0.5, 0.6) is 0 Å². The van der Waals surface area contributed by atoms with Crippen LogP contribution >= 0.6 is 22.9 Å². The highest BCUT2D eigenvalue weighted by Gasteiger charge is 2.24. The van der Waals surface area contributed by atoms with Gasteiger partial charge in [-0.25, -0.2) is 9.97 Å². The molecular weight excluding hydrogens is 424 g/mol. The number of rotatable bonds is 4. The van der Waals surface area contributed by atoms with Crippen molar-refractivity contribution in [1.29, 1.82) is 0 Å². The largest absolute Gasteiger partial charge is 0.367 e. The molecule has 0 aliphatic carbocycles. The van der Waals surface area contributed by atoms with Gasteiger partial charge in [-0.2, -0.15) is 0 Å². The van der Waals surface area contributed by atoms with Gasteiger partial charge in [-0.15, -0.1) is 11.3 Å². The van der Waals surface area contributed by atoms with E-state index in [1.54, 1.807) is 11.3 Å². The molecule has 31 heavy (non-hydrogen) atoms. The van der Waals surface area contributed by atoms with E-state index in [2.05, 4.69) is 60.0 Å². The van der Waals surface area contributed by atoms with E-state index in [4.69, 9.17) is 21.6 Å². The van der Waals surface area contributed by atoms with Crippen molar-refractivity contribution in [1.82, 2.24) is 9.97 Å². The summed E-state index contributed by atoms with van der Waals surface area (Å²) in [4.78, 5) is 17.2. The number of benzene rings is 2. The van der Waals surface area contributed by atoms with Gasteiger partial charge in [-0.3, -0.25) is 0 Å². The van der Waals surface area contributed by atoms with Crippen LogP contribution in [0.3, 0.4) is 0 Å². The Balaban J connectivity index is 1.46. The number of nitrogens with zero attached hydrogens (tertiary/aromatic N) is 4. The molecule has 1 saturated heterocycles. The molecule has 0 spiro atoms. The fraction of sp³-hybridized carbons (Fsp3) is 0.280. The van der Waals surface area contributed by atoms with Crippen molar-refractivity contribution in [2.24, 2.45) is 0 Å². The highest BCUT2D eigenvalue weighted by molar-refractivity contribution is 7.18. The van der Waals surface area contributed by atoms with Gasteiger partial charge in [0.05, 0.1) is 16.1 Å². The number of fused-ring (bicyclic) bond motifs is 1. The summed E-state index contributed by atoms with van der Waals surface area (Å²) < 4.78 is 0. The van der Waals surface area contributed by atoms with Crippen LogP contribution in [0.25, 0.3) is 10.2 Å². The number of hydrogen-bond acceptors (Lipinski definition) is 5. The second kappa shape index (κ2) is 8.48. The van der Waals surface area contributed by atoms with Crippen molar-refractivity contribution in [3.8, 4) is 0 Å². The maximum absolute atomic E-state index is 6.44. The predicted octanol–water partition coefficient (Wildman–Crippen LogP) is 5.88. The zero-order chi connectivity index (χ0) is 21.4. The number of aryl methyl sites for hydroxylation is 2. The molecule has 2 aromatic carbocycles. The summed E-state index contributed by atoms with van der Waals surface area (Å²) in [6, 6.07) is 18.6. The van der Waals surface area contributed by atoms with E-state index in [1.165, 1.54) is 21.4 Å². The lowest BCUT2D eigenvalue weighted by Crippen LogP contribution is -2.47. The highest BCUT2D eigenvalue weighted by Crippen LogP contribution is 2.36. The lowest BCUT2D eigenvalue weighted by molar-refractivity contribution is 0.647. The summed E-state index contributed by atoms with van der Waals surface area (Å²) >= 11 is 8.21. The summed E-state index contributed by atoms with van der Waals surface area (Å²) in [5.41, 5.74) is 3.65. The number of thiophene rings is 1. The maximum Gasteiger partial charge on any atom is 0.141 e. The molecule has 1 fully saturated rings. The van der Waals surface area contributed by atoms with E-state index in [-0.39, 0.29) is 0 Å². The van der Waals surface area contributed by atoms with Gasteiger partial charge in [-0.05, 0) is 37.1 Å².